The van der Waals surface area contributed by atoms with Crippen LogP contribution in [-0.2, 0) is 6.54 Å². The van der Waals surface area contributed by atoms with E-state index in [9.17, 15) is 0 Å². The van der Waals surface area contributed by atoms with Gasteiger partial charge in [-0.3, -0.25) is 0 Å². The van der Waals surface area contributed by atoms with Gasteiger partial charge in [-0.1, -0.05) is 18.6 Å². The molecule has 0 aliphatic heterocycles. The number of hydrogen-bond donors (Lipinski definition) is 2. The van der Waals surface area contributed by atoms with Crippen molar-refractivity contribution in [1.29, 1.82) is 0 Å². The number of nitrogens with one attached hydrogen (secondary N) is 1. The monoisotopic (exact) mass is 263 g/mol. The summed E-state index contributed by atoms with van der Waals surface area (Å²) in [6.07, 6.45) is 6.10. The van der Waals surface area contributed by atoms with E-state index in [-0.39, 0.29) is 0 Å². The highest BCUT2D eigenvalue weighted by atomic mass is 32.2. The zero-order chi connectivity index (χ0) is 12.8. The molecule has 1 fully saturated rings. The summed E-state index contributed by atoms with van der Waals surface area (Å²) in [7, 11) is 0. The Labute approximate surface area is 113 Å². The van der Waals surface area contributed by atoms with Gasteiger partial charge >= 0.3 is 0 Å². The van der Waals surface area contributed by atoms with Crippen molar-refractivity contribution in [3.8, 4) is 0 Å². The van der Waals surface area contributed by atoms with Crippen molar-refractivity contribution in [2.75, 3.05) is 12.8 Å². The maximum Gasteiger partial charge on any atom is 0.188 e. The van der Waals surface area contributed by atoms with E-state index in [1.807, 2.05) is 0 Å². The van der Waals surface area contributed by atoms with Crippen molar-refractivity contribution >= 4 is 17.7 Å². The fraction of sp³-hybridized carbons (Fsp3) is 0.500. The minimum Gasteiger partial charge on any atom is -0.370 e. The Morgan fingerprint density at radius 3 is 2.67 bits per heavy atom. The Hall–Kier alpha value is -1.16. The van der Waals surface area contributed by atoms with Crippen molar-refractivity contribution in [2.45, 2.75) is 30.7 Å². The van der Waals surface area contributed by atoms with Crippen LogP contribution in [0.15, 0.2) is 34.2 Å². The summed E-state index contributed by atoms with van der Waals surface area (Å²) in [5.41, 5.74) is 7.04. The molecule has 3 nitrogen and oxygen atoms in total. The smallest absolute Gasteiger partial charge is 0.188 e. The summed E-state index contributed by atoms with van der Waals surface area (Å²) in [4.78, 5) is 5.63. The molecule has 0 spiro atoms. The van der Waals surface area contributed by atoms with Crippen LogP contribution in [0.2, 0.25) is 0 Å². The number of nitrogens with two attached hydrogens (primary N) is 1. The topological polar surface area (TPSA) is 50.4 Å². The molecule has 2 rings (SSSR count). The zero-order valence-corrected chi connectivity index (χ0v) is 11.7. The molecule has 4 heteroatoms. The van der Waals surface area contributed by atoms with E-state index in [1.165, 1.54) is 29.7 Å². The van der Waals surface area contributed by atoms with Gasteiger partial charge in [-0.25, -0.2) is 4.99 Å². The fourth-order valence-electron chi connectivity index (χ4n) is 1.91. The second kappa shape index (κ2) is 6.69. The number of thioether (sulfide) groups is 1. The summed E-state index contributed by atoms with van der Waals surface area (Å²) in [6, 6.07) is 8.45. The Balaban J connectivity index is 1.76. The van der Waals surface area contributed by atoms with E-state index >= 15 is 0 Å². The van der Waals surface area contributed by atoms with Gasteiger partial charge in [-0.2, -0.15) is 0 Å². The molecule has 0 atom stereocenters. The number of hydrogen-bond acceptors (Lipinski definition) is 2. The number of nitrogens with zero attached hydrogens (tertiary/aromatic N) is 1. The van der Waals surface area contributed by atoms with Crippen molar-refractivity contribution in [2.24, 2.45) is 16.6 Å². The molecule has 1 saturated carbocycles. The average molecular weight is 263 g/mol. The number of rotatable bonds is 5. The first-order valence-electron chi connectivity index (χ1n) is 6.44. The van der Waals surface area contributed by atoms with Gasteiger partial charge in [-0.15, -0.1) is 11.8 Å². The van der Waals surface area contributed by atoms with Gasteiger partial charge in [0, 0.05) is 11.4 Å². The molecule has 0 saturated heterocycles. The Kier molecular flexibility index (Phi) is 4.93. The second-order valence-electron chi connectivity index (χ2n) is 4.73. The molecule has 18 heavy (non-hydrogen) atoms. The maximum absolute atomic E-state index is 5.84. The van der Waals surface area contributed by atoms with Crippen molar-refractivity contribution < 1.29 is 0 Å². The standard InChI is InChI=1S/C14H21N3S/c1-18-13-7-5-12(6-8-13)10-17-14(15)16-9-11-3-2-4-11/h5-8,11H,2-4,9-10H2,1H3,(H3,15,16,17). The van der Waals surface area contributed by atoms with Crippen LogP contribution in [0, 0.1) is 5.92 Å². The lowest BCUT2D eigenvalue weighted by Gasteiger charge is -2.25. The molecular weight excluding hydrogens is 242 g/mol. The molecule has 1 aromatic carbocycles. The quantitative estimate of drug-likeness (QED) is 0.488. The van der Waals surface area contributed by atoms with Crippen LogP contribution < -0.4 is 11.1 Å². The van der Waals surface area contributed by atoms with Crippen LogP contribution in [-0.4, -0.2) is 18.8 Å². The molecule has 0 bridgehead atoms. The van der Waals surface area contributed by atoms with E-state index in [2.05, 4.69) is 40.8 Å². The minimum absolute atomic E-state index is 0.566. The van der Waals surface area contributed by atoms with E-state index in [4.69, 9.17) is 5.73 Å². The molecule has 0 amide bonds. The first kappa shape index (κ1) is 13.3. The third-order valence-electron chi connectivity index (χ3n) is 3.39. The lowest BCUT2D eigenvalue weighted by Crippen LogP contribution is -2.37. The van der Waals surface area contributed by atoms with Crippen LogP contribution in [0.5, 0.6) is 0 Å². The second-order valence-corrected chi connectivity index (χ2v) is 5.61. The summed E-state index contributed by atoms with van der Waals surface area (Å²) in [5.74, 6) is 1.37. The molecule has 3 N–H and O–H groups in total. The third-order valence-corrected chi connectivity index (χ3v) is 4.13. The van der Waals surface area contributed by atoms with Gasteiger partial charge in [0.15, 0.2) is 5.96 Å². The number of aliphatic imine (C=N–C) groups is 1. The van der Waals surface area contributed by atoms with Crippen molar-refractivity contribution in [1.82, 2.24) is 5.32 Å². The molecule has 0 aromatic heterocycles. The molecule has 0 heterocycles. The van der Waals surface area contributed by atoms with Gasteiger partial charge in [-0.05, 0) is 42.7 Å². The maximum atomic E-state index is 5.84. The SMILES string of the molecule is CSc1ccc(CN=C(N)NCC2CCC2)cc1. The molecule has 0 unspecified atom stereocenters. The van der Waals surface area contributed by atoms with Gasteiger partial charge < -0.3 is 11.1 Å². The van der Waals surface area contributed by atoms with Gasteiger partial charge in [0.05, 0.1) is 6.54 Å². The van der Waals surface area contributed by atoms with E-state index < -0.39 is 0 Å². The summed E-state index contributed by atoms with van der Waals surface area (Å²) >= 11 is 1.75. The van der Waals surface area contributed by atoms with E-state index in [0.717, 1.165) is 12.5 Å². The van der Waals surface area contributed by atoms with Crippen LogP contribution in [0.1, 0.15) is 24.8 Å². The van der Waals surface area contributed by atoms with Gasteiger partial charge in [0.25, 0.3) is 0 Å². The molecule has 1 aliphatic carbocycles. The minimum atomic E-state index is 0.566. The first-order valence-corrected chi connectivity index (χ1v) is 7.67. The van der Waals surface area contributed by atoms with E-state index in [0.29, 0.717) is 12.5 Å². The summed E-state index contributed by atoms with van der Waals surface area (Å²) in [6.45, 7) is 1.62. The lowest BCUT2D eigenvalue weighted by molar-refractivity contribution is 0.315. The van der Waals surface area contributed by atoms with Crippen molar-refractivity contribution in [3.63, 3.8) is 0 Å². The highest BCUT2D eigenvalue weighted by Crippen LogP contribution is 2.24. The Morgan fingerprint density at radius 2 is 2.11 bits per heavy atom. The average Bonchev–Trinajstić information content (AvgIpc) is 2.35. The summed E-state index contributed by atoms with van der Waals surface area (Å²) < 4.78 is 0. The Morgan fingerprint density at radius 1 is 1.39 bits per heavy atom. The predicted octanol–water partition coefficient (Wildman–Crippen LogP) is 2.61. The third kappa shape index (κ3) is 3.95. The highest BCUT2D eigenvalue weighted by Gasteiger charge is 2.16. The van der Waals surface area contributed by atoms with E-state index in [1.54, 1.807) is 11.8 Å². The zero-order valence-electron chi connectivity index (χ0n) is 10.9. The highest BCUT2D eigenvalue weighted by molar-refractivity contribution is 7.98. The number of guanidine groups is 1. The largest absolute Gasteiger partial charge is 0.370 e. The fourth-order valence-corrected chi connectivity index (χ4v) is 2.32. The van der Waals surface area contributed by atoms with Gasteiger partial charge in [0.2, 0.25) is 0 Å². The van der Waals surface area contributed by atoms with Crippen LogP contribution in [0.3, 0.4) is 0 Å². The summed E-state index contributed by atoms with van der Waals surface area (Å²) in [5, 5.41) is 3.20. The molecule has 1 aromatic rings. The van der Waals surface area contributed by atoms with Crippen LogP contribution >= 0.6 is 11.8 Å². The molecule has 0 radical (unpaired) electrons. The first-order chi connectivity index (χ1) is 8.78. The Bertz CT molecular complexity index is 396. The van der Waals surface area contributed by atoms with Gasteiger partial charge in [0.1, 0.15) is 0 Å². The molecular formula is C14H21N3S. The van der Waals surface area contributed by atoms with Crippen LogP contribution in [0.25, 0.3) is 0 Å². The lowest BCUT2D eigenvalue weighted by atomic mass is 9.85. The normalized spacial score (nSPS) is 16.4. The molecule has 1 aliphatic rings. The van der Waals surface area contributed by atoms with Crippen molar-refractivity contribution in [3.05, 3.63) is 29.8 Å². The molecule has 98 valence electrons. The van der Waals surface area contributed by atoms with Crippen LogP contribution in [0.4, 0.5) is 0 Å². The number of benzene rings is 1. The predicted molar refractivity (Wildman–Crippen MR) is 78.9 cm³/mol.